The molecule has 5 nitrogen and oxygen atoms in total. The first-order valence-corrected chi connectivity index (χ1v) is 8.43. The van der Waals surface area contributed by atoms with Crippen molar-refractivity contribution in [2.75, 3.05) is 23.4 Å². The highest BCUT2D eigenvalue weighted by atomic mass is 16.5. The third-order valence-electron chi connectivity index (χ3n) is 4.20. The van der Waals surface area contributed by atoms with E-state index in [2.05, 4.69) is 5.32 Å². The minimum absolute atomic E-state index is 0.0468. The molecule has 0 aliphatic carbocycles. The molecule has 0 bridgehead atoms. The Morgan fingerprint density at radius 3 is 2.72 bits per heavy atom. The zero-order valence-electron chi connectivity index (χ0n) is 14.5. The van der Waals surface area contributed by atoms with E-state index in [0.717, 1.165) is 29.8 Å². The minimum Gasteiger partial charge on any atom is -0.484 e. The quantitative estimate of drug-likeness (QED) is 0.908. The zero-order chi connectivity index (χ0) is 17.8. The Labute approximate surface area is 147 Å². The van der Waals surface area contributed by atoms with Gasteiger partial charge in [-0.25, -0.2) is 0 Å². The highest BCUT2D eigenvalue weighted by Crippen LogP contribution is 2.27. The van der Waals surface area contributed by atoms with Gasteiger partial charge in [0.25, 0.3) is 5.91 Å². The number of nitrogens with zero attached hydrogens (tertiary/aromatic N) is 1. The summed E-state index contributed by atoms with van der Waals surface area (Å²) >= 11 is 0. The van der Waals surface area contributed by atoms with Gasteiger partial charge in [0, 0.05) is 24.3 Å². The molecule has 0 atom stereocenters. The molecule has 0 unspecified atom stereocenters. The molecule has 1 aliphatic heterocycles. The molecule has 0 spiro atoms. The fourth-order valence-corrected chi connectivity index (χ4v) is 2.99. The van der Waals surface area contributed by atoms with E-state index >= 15 is 0 Å². The number of anilines is 2. The smallest absolute Gasteiger partial charge is 0.262 e. The largest absolute Gasteiger partial charge is 0.484 e. The van der Waals surface area contributed by atoms with E-state index in [1.165, 1.54) is 0 Å². The number of nitrogens with one attached hydrogen (secondary N) is 1. The molecule has 5 heteroatoms. The van der Waals surface area contributed by atoms with Crippen molar-refractivity contribution >= 4 is 23.2 Å². The lowest BCUT2D eigenvalue weighted by Gasteiger charge is -2.19. The topological polar surface area (TPSA) is 58.6 Å². The number of rotatable bonds is 5. The molecule has 2 aromatic rings. The molecule has 1 saturated heterocycles. The Hall–Kier alpha value is -2.82. The number of hydrogen-bond acceptors (Lipinski definition) is 3. The maximum atomic E-state index is 12.1. The van der Waals surface area contributed by atoms with E-state index in [9.17, 15) is 9.59 Å². The summed E-state index contributed by atoms with van der Waals surface area (Å²) in [6.45, 7) is 4.63. The molecule has 0 radical (unpaired) electrons. The number of benzene rings is 2. The van der Waals surface area contributed by atoms with Crippen LogP contribution in [-0.2, 0) is 9.59 Å². The molecule has 3 rings (SSSR count). The third-order valence-corrected chi connectivity index (χ3v) is 4.20. The number of amides is 2. The predicted octanol–water partition coefficient (Wildman–Crippen LogP) is 3.45. The summed E-state index contributed by atoms with van der Waals surface area (Å²) in [6, 6.07) is 13.2. The van der Waals surface area contributed by atoms with Crippen LogP contribution < -0.4 is 15.0 Å². The Bertz CT molecular complexity index is 801. The normalized spacial score (nSPS) is 13.8. The summed E-state index contributed by atoms with van der Waals surface area (Å²) in [5, 5.41) is 2.83. The van der Waals surface area contributed by atoms with Crippen molar-refractivity contribution in [3.63, 3.8) is 0 Å². The Morgan fingerprint density at radius 2 is 2.04 bits per heavy atom. The van der Waals surface area contributed by atoms with Crippen LogP contribution in [0.3, 0.4) is 0 Å². The van der Waals surface area contributed by atoms with Crippen LogP contribution >= 0.6 is 0 Å². The summed E-state index contributed by atoms with van der Waals surface area (Å²) in [5.74, 6) is 0.617. The zero-order valence-corrected chi connectivity index (χ0v) is 14.5. The van der Waals surface area contributed by atoms with Crippen LogP contribution in [0.2, 0.25) is 0 Å². The predicted molar refractivity (Wildman–Crippen MR) is 98.1 cm³/mol. The molecule has 1 aliphatic rings. The molecule has 25 heavy (non-hydrogen) atoms. The highest BCUT2D eigenvalue weighted by molar-refractivity contribution is 5.97. The van der Waals surface area contributed by atoms with Crippen molar-refractivity contribution < 1.29 is 14.3 Å². The van der Waals surface area contributed by atoms with Gasteiger partial charge in [-0.2, -0.15) is 0 Å². The molecule has 0 aromatic heterocycles. The fraction of sp³-hybridized carbons (Fsp3) is 0.300. The van der Waals surface area contributed by atoms with Crippen LogP contribution in [0, 0.1) is 13.8 Å². The molecular weight excluding hydrogens is 316 g/mol. The lowest BCUT2D eigenvalue weighted by Crippen LogP contribution is -2.24. The second kappa shape index (κ2) is 7.38. The van der Waals surface area contributed by atoms with Gasteiger partial charge in [-0.15, -0.1) is 0 Å². The first kappa shape index (κ1) is 17.0. The summed E-state index contributed by atoms with van der Waals surface area (Å²) in [6.07, 6.45) is 1.50. The van der Waals surface area contributed by atoms with E-state index in [1.54, 1.807) is 0 Å². The fourth-order valence-electron chi connectivity index (χ4n) is 2.99. The van der Waals surface area contributed by atoms with Crippen molar-refractivity contribution in [2.24, 2.45) is 0 Å². The SMILES string of the molecule is Cc1cccc(OCC(=O)Nc2ccc(N3CCCC3=O)c(C)c2)c1. The average molecular weight is 338 g/mol. The molecule has 1 N–H and O–H groups in total. The van der Waals surface area contributed by atoms with Gasteiger partial charge in [-0.3, -0.25) is 9.59 Å². The van der Waals surface area contributed by atoms with Crippen molar-refractivity contribution in [2.45, 2.75) is 26.7 Å². The van der Waals surface area contributed by atoms with E-state index in [0.29, 0.717) is 17.9 Å². The first-order valence-electron chi connectivity index (χ1n) is 8.43. The molecule has 130 valence electrons. The standard InChI is InChI=1S/C20H22N2O3/c1-14-5-3-6-17(11-14)25-13-19(23)21-16-8-9-18(15(2)12-16)22-10-4-7-20(22)24/h3,5-6,8-9,11-12H,4,7,10,13H2,1-2H3,(H,21,23). The van der Waals surface area contributed by atoms with Crippen molar-refractivity contribution in [3.8, 4) is 5.75 Å². The van der Waals surface area contributed by atoms with Crippen LogP contribution in [0.25, 0.3) is 0 Å². The van der Waals surface area contributed by atoms with Crippen molar-refractivity contribution in [1.29, 1.82) is 0 Å². The van der Waals surface area contributed by atoms with Crippen molar-refractivity contribution in [1.82, 2.24) is 0 Å². The molecule has 2 aromatic carbocycles. The lowest BCUT2D eigenvalue weighted by atomic mass is 10.1. The summed E-state index contributed by atoms with van der Waals surface area (Å²) in [4.78, 5) is 25.8. The van der Waals surface area contributed by atoms with Gasteiger partial charge in [-0.1, -0.05) is 12.1 Å². The average Bonchev–Trinajstić information content (AvgIpc) is 2.99. The van der Waals surface area contributed by atoms with Crippen LogP contribution in [0.15, 0.2) is 42.5 Å². The molecule has 0 saturated carbocycles. The van der Waals surface area contributed by atoms with E-state index in [1.807, 2.05) is 61.2 Å². The van der Waals surface area contributed by atoms with Gasteiger partial charge in [0.1, 0.15) is 5.75 Å². The van der Waals surface area contributed by atoms with Crippen molar-refractivity contribution in [3.05, 3.63) is 53.6 Å². The van der Waals surface area contributed by atoms with Gasteiger partial charge in [0.15, 0.2) is 6.61 Å². The summed E-state index contributed by atoms with van der Waals surface area (Å²) in [5.41, 5.74) is 3.66. The monoisotopic (exact) mass is 338 g/mol. The second-order valence-corrected chi connectivity index (χ2v) is 6.30. The maximum Gasteiger partial charge on any atom is 0.262 e. The van der Waals surface area contributed by atoms with Gasteiger partial charge >= 0.3 is 0 Å². The van der Waals surface area contributed by atoms with Crippen LogP contribution in [0.1, 0.15) is 24.0 Å². The van der Waals surface area contributed by atoms with Gasteiger partial charge in [-0.05, 0) is 61.7 Å². The Balaban J connectivity index is 1.60. The number of hydrogen-bond donors (Lipinski definition) is 1. The molecule has 1 fully saturated rings. The van der Waals surface area contributed by atoms with Crippen LogP contribution in [0.5, 0.6) is 5.75 Å². The summed E-state index contributed by atoms with van der Waals surface area (Å²) < 4.78 is 5.51. The Kier molecular flexibility index (Phi) is 5.03. The van der Waals surface area contributed by atoms with E-state index in [-0.39, 0.29) is 18.4 Å². The number of ether oxygens (including phenoxy) is 1. The number of aryl methyl sites for hydroxylation is 2. The molecular formula is C20H22N2O3. The molecule has 2 amide bonds. The van der Waals surface area contributed by atoms with E-state index in [4.69, 9.17) is 4.74 Å². The van der Waals surface area contributed by atoms with Crippen LogP contribution in [-0.4, -0.2) is 25.0 Å². The first-order chi connectivity index (χ1) is 12.0. The van der Waals surface area contributed by atoms with Crippen LogP contribution in [0.4, 0.5) is 11.4 Å². The third kappa shape index (κ3) is 4.18. The minimum atomic E-state index is -0.217. The maximum absolute atomic E-state index is 12.1. The van der Waals surface area contributed by atoms with Gasteiger partial charge in [0.05, 0.1) is 0 Å². The number of carbonyl (C=O) groups is 2. The highest BCUT2D eigenvalue weighted by Gasteiger charge is 2.23. The number of carbonyl (C=O) groups excluding carboxylic acids is 2. The lowest BCUT2D eigenvalue weighted by molar-refractivity contribution is -0.118. The molecule has 1 heterocycles. The summed E-state index contributed by atoms with van der Waals surface area (Å²) in [7, 11) is 0. The van der Waals surface area contributed by atoms with E-state index < -0.39 is 0 Å². The van der Waals surface area contributed by atoms with Gasteiger partial charge in [0.2, 0.25) is 5.91 Å². The Morgan fingerprint density at radius 1 is 1.20 bits per heavy atom. The second-order valence-electron chi connectivity index (χ2n) is 6.30. The van der Waals surface area contributed by atoms with Gasteiger partial charge < -0.3 is 15.0 Å².